The summed E-state index contributed by atoms with van der Waals surface area (Å²) in [7, 11) is 0. The molecule has 0 radical (unpaired) electrons. The molecule has 2 heterocycles. The van der Waals surface area contributed by atoms with Crippen LogP contribution in [-0.2, 0) is 0 Å². The summed E-state index contributed by atoms with van der Waals surface area (Å²) in [5.41, 5.74) is 5.37. The average molecular weight is 237 g/mol. The molecule has 0 N–H and O–H groups in total. The van der Waals surface area contributed by atoms with E-state index in [-0.39, 0.29) is 0 Å². The lowest BCUT2D eigenvalue weighted by atomic mass is 10.1. The Labute approximate surface area is 102 Å². The number of thiazole rings is 1. The number of nitrogens with zero attached hydrogens (tertiary/aromatic N) is 3. The molecule has 0 fully saturated rings. The van der Waals surface area contributed by atoms with Gasteiger partial charge in [0.25, 0.3) is 0 Å². The Balaban J connectivity index is 2.16. The Kier molecular flexibility index (Phi) is 2.32. The minimum atomic E-state index is 0.556. The Morgan fingerprint density at radius 2 is 2.06 bits per heavy atom. The molecule has 0 saturated carbocycles. The largest absolute Gasteiger partial charge is 0.276 e. The monoisotopic (exact) mass is 237 g/mol. The van der Waals surface area contributed by atoms with E-state index in [1.807, 2.05) is 29.8 Å². The molecule has 1 aromatic carbocycles. The van der Waals surface area contributed by atoms with Gasteiger partial charge < -0.3 is 0 Å². The molecule has 2 aromatic heterocycles. The smallest absolute Gasteiger partial charge is 0.205 e. The fourth-order valence-electron chi connectivity index (χ4n) is 1.68. The zero-order chi connectivity index (χ0) is 11.7. The summed E-state index contributed by atoms with van der Waals surface area (Å²) in [6.07, 6.45) is 3.33. The minimum absolute atomic E-state index is 0.556. The van der Waals surface area contributed by atoms with Crippen LogP contribution in [0.5, 0.6) is 0 Å². The molecule has 17 heavy (non-hydrogen) atoms. The van der Waals surface area contributed by atoms with Gasteiger partial charge >= 0.3 is 0 Å². The molecular formula is C13H7N3S. The number of fused-ring (bicyclic) bond motifs is 1. The van der Waals surface area contributed by atoms with Gasteiger partial charge in [-0.2, -0.15) is 0 Å². The van der Waals surface area contributed by atoms with Gasteiger partial charge in [-0.05, 0) is 29.3 Å². The number of benzene rings is 1. The summed E-state index contributed by atoms with van der Waals surface area (Å²) >= 11 is 1.62. The lowest BCUT2D eigenvalue weighted by Gasteiger charge is -2.01. The van der Waals surface area contributed by atoms with Crippen molar-refractivity contribution in [3.05, 3.63) is 53.6 Å². The summed E-state index contributed by atoms with van der Waals surface area (Å²) < 4.78 is 1.17. The van der Waals surface area contributed by atoms with Gasteiger partial charge in [-0.1, -0.05) is 6.07 Å². The average Bonchev–Trinajstić information content (AvgIpc) is 2.86. The Hall–Kier alpha value is -2.25. The summed E-state index contributed by atoms with van der Waals surface area (Å²) in [6, 6.07) is 7.95. The molecule has 80 valence electrons. The maximum Gasteiger partial charge on any atom is 0.205 e. The maximum atomic E-state index is 6.98. The van der Waals surface area contributed by atoms with Gasteiger partial charge in [0.1, 0.15) is 0 Å². The molecule has 0 saturated heterocycles. The van der Waals surface area contributed by atoms with Crippen LogP contribution in [0.2, 0.25) is 0 Å². The van der Waals surface area contributed by atoms with Gasteiger partial charge in [0.05, 0.1) is 22.3 Å². The molecule has 0 amide bonds. The van der Waals surface area contributed by atoms with Crippen molar-refractivity contribution in [2.45, 2.75) is 0 Å². The zero-order valence-corrected chi connectivity index (χ0v) is 9.61. The van der Waals surface area contributed by atoms with E-state index >= 15 is 0 Å². The number of rotatable bonds is 1. The number of aromatic nitrogens is 2. The standard InChI is InChI=1S/C13H7N3S/c1-14-11-4-10(6-15-7-11)9-2-3-13-12(5-9)16-8-17-13/h2-8H. The number of hydrogen-bond acceptors (Lipinski definition) is 3. The van der Waals surface area contributed by atoms with Crippen molar-refractivity contribution in [1.82, 2.24) is 9.97 Å². The van der Waals surface area contributed by atoms with Crippen LogP contribution in [0.25, 0.3) is 26.2 Å². The molecule has 0 unspecified atom stereocenters. The molecule has 0 aliphatic carbocycles. The van der Waals surface area contributed by atoms with Crippen LogP contribution < -0.4 is 0 Å². The van der Waals surface area contributed by atoms with Crippen LogP contribution in [0.15, 0.2) is 42.2 Å². The van der Waals surface area contributed by atoms with Gasteiger partial charge in [-0.25, -0.2) is 9.83 Å². The second-order valence-corrected chi connectivity index (χ2v) is 4.46. The predicted molar refractivity (Wildman–Crippen MR) is 69.1 cm³/mol. The van der Waals surface area contributed by atoms with Crippen molar-refractivity contribution >= 4 is 27.2 Å². The number of hydrogen-bond donors (Lipinski definition) is 0. The highest BCUT2D eigenvalue weighted by atomic mass is 32.1. The molecule has 4 heteroatoms. The van der Waals surface area contributed by atoms with Crippen molar-refractivity contribution in [2.75, 3.05) is 0 Å². The summed E-state index contributed by atoms with van der Waals surface area (Å²) in [5.74, 6) is 0. The first-order valence-electron chi connectivity index (χ1n) is 5.03. The predicted octanol–water partition coefficient (Wildman–Crippen LogP) is 3.91. The van der Waals surface area contributed by atoms with E-state index < -0.39 is 0 Å². The van der Waals surface area contributed by atoms with Crippen molar-refractivity contribution in [3.8, 4) is 11.1 Å². The molecule has 0 atom stereocenters. The van der Waals surface area contributed by atoms with Crippen molar-refractivity contribution in [2.24, 2.45) is 0 Å². The molecular weight excluding hydrogens is 230 g/mol. The second kappa shape index (κ2) is 3.96. The highest BCUT2D eigenvalue weighted by Gasteiger charge is 2.02. The van der Waals surface area contributed by atoms with Crippen LogP contribution in [0.4, 0.5) is 5.69 Å². The van der Waals surface area contributed by atoms with Crippen LogP contribution in [0, 0.1) is 6.57 Å². The van der Waals surface area contributed by atoms with E-state index in [4.69, 9.17) is 6.57 Å². The first-order valence-corrected chi connectivity index (χ1v) is 5.91. The quantitative estimate of drug-likeness (QED) is 0.601. The van der Waals surface area contributed by atoms with Gasteiger partial charge in [-0.15, -0.1) is 11.3 Å². The van der Waals surface area contributed by atoms with E-state index in [1.54, 1.807) is 23.7 Å². The minimum Gasteiger partial charge on any atom is -0.276 e. The molecule has 0 bridgehead atoms. The lowest BCUT2D eigenvalue weighted by molar-refractivity contribution is 1.34. The molecule has 0 aliphatic heterocycles. The summed E-state index contributed by atoms with van der Waals surface area (Å²) in [5, 5.41) is 0. The maximum absolute atomic E-state index is 6.98. The Morgan fingerprint density at radius 1 is 1.12 bits per heavy atom. The van der Waals surface area contributed by atoms with Crippen LogP contribution in [-0.4, -0.2) is 9.97 Å². The van der Waals surface area contributed by atoms with Gasteiger partial charge in [0.2, 0.25) is 5.69 Å². The highest BCUT2D eigenvalue weighted by molar-refractivity contribution is 7.16. The van der Waals surface area contributed by atoms with Crippen molar-refractivity contribution < 1.29 is 0 Å². The topological polar surface area (TPSA) is 30.1 Å². The molecule has 3 aromatic rings. The highest BCUT2D eigenvalue weighted by Crippen LogP contribution is 2.27. The van der Waals surface area contributed by atoms with E-state index in [1.165, 1.54) is 4.70 Å². The molecule has 0 aliphatic rings. The zero-order valence-electron chi connectivity index (χ0n) is 8.79. The van der Waals surface area contributed by atoms with E-state index in [0.717, 1.165) is 16.6 Å². The molecule has 0 spiro atoms. The second-order valence-electron chi connectivity index (χ2n) is 3.58. The van der Waals surface area contributed by atoms with Crippen LogP contribution in [0.3, 0.4) is 0 Å². The third-order valence-electron chi connectivity index (χ3n) is 2.52. The fourth-order valence-corrected chi connectivity index (χ4v) is 2.34. The summed E-state index contributed by atoms with van der Waals surface area (Å²) in [4.78, 5) is 11.7. The fraction of sp³-hybridized carbons (Fsp3) is 0. The van der Waals surface area contributed by atoms with Gasteiger partial charge in [-0.3, -0.25) is 4.98 Å². The van der Waals surface area contributed by atoms with Crippen LogP contribution in [0.1, 0.15) is 0 Å². The SMILES string of the molecule is [C-]#[N+]c1cncc(-c2ccc3scnc3c2)c1. The van der Waals surface area contributed by atoms with E-state index in [2.05, 4.69) is 14.8 Å². The molecule has 3 rings (SSSR count). The first kappa shape index (κ1) is 9.94. The van der Waals surface area contributed by atoms with Crippen LogP contribution >= 0.6 is 11.3 Å². The first-order chi connectivity index (χ1) is 8.36. The van der Waals surface area contributed by atoms with Gasteiger partial charge in [0.15, 0.2) is 0 Å². The summed E-state index contributed by atoms with van der Waals surface area (Å²) in [6.45, 7) is 6.98. The number of pyridine rings is 1. The lowest BCUT2D eigenvalue weighted by Crippen LogP contribution is -1.79. The van der Waals surface area contributed by atoms with E-state index in [9.17, 15) is 0 Å². The normalized spacial score (nSPS) is 10.3. The Bertz CT molecular complexity index is 725. The van der Waals surface area contributed by atoms with Gasteiger partial charge in [0, 0.05) is 12.4 Å². The third-order valence-corrected chi connectivity index (χ3v) is 3.33. The Morgan fingerprint density at radius 3 is 2.94 bits per heavy atom. The molecule has 3 nitrogen and oxygen atoms in total. The van der Waals surface area contributed by atoms with Crippen molar-refractivity contribution in [1.29, 1.82) is 0 Å². The van der Waals surface area contributed by atoms with Crippen molar-refractivity contribution in [3.63, 3.8) is 0 Å². The van der Waals surface area contributed by atoms with E-state index in [0.29, 0.717) is 5.69 Å². The third kappa shape index (κ3) is 1.77.